The zero-order valence-corrected chi connectivity index (χ0v) is 7.68. The van der Waals surface area contributed by atoms with Crippen molar-refractivity contribution >= 4 is 0 Å². The molecular formula is C9H11F2NO2. The molecule has 0 heterocycles. The molecule has 0 aromatic heterocycles. The lowest BCUT2D eigenvalue weighted by atomic mass is 10.1. The first-order valence-corrected chi connectivity index (χ1v) is 4.02. The van der Waals surface area contributed by atoms with Crippen molar-refractivity contribution in [3.8, 4) is 0 Å². The third-order valence-electron chi connectivity index (χ3n) is 1.82. The van der Waals surface area contributed by atoms with Gasteiger partial charge in [-0.25, -0.2) is 14.3 Å². The topological polar surface area (TPSA) is 41.5 Å². The van der Waals surface area contributed by atoms with Crippen molar-refractivity contribution < 1.29 is 18.7 Å². The molecule has 0 aliphatic heterocycles. The van der Waals surface area contributed by atoms with Gasteiger partial charge in [0.15, 0.2) is 0 Å². The number of hydroxylamine groups is 1. The van der Waals surface area contributed by atoms with Crippen molar-refractivity contribution in [2.45, 2.75) is 13.2 Å². The van der Waals surface area contributed by atoms with Gasteiger partial charge in [0.25, 0.3) is 0 Å². The zero-order chi connectivity index (χ0) is 10.6. The molecule has 0 bridgehead atoms. The molecule has 0 fully saturated rings. The molecule has 0 aliphatic carbocycles. The third-order valence-corrected chi connectivity index (χ3v) is 1.82. The van der Waals surface area contributed by atoms with Crippen molar-refractivity contribution in [3.05, 3.63) is 34.9 Å². The Hall–Kier alpha value is -1.04. The van der Waals surface area contributed by atoms with E-state index in [0.717, 1.165) is 6.07 Å². The number of rotatable bonds is 4. The molecular weight excluding hydrogens is 192 g/mol. The van der Waals surface area contributed by atoms with Crippen LogP contribution in [0, 0.1) is 11.6 Å². The second kappa shape index (κ2) is 4.99. The quantitative estimate of drug-likeness (QED) is 0.730. The second-order valence-corrected chi connectivity index (χ2v) is 2.77. The van der Waals surface area contributed by atoms with E-state index in [0.29, 0.717) is 0 Å². The van der Waals surface area contributed by atoms with Gasteiger partial charge < -0.3 is 9.94 Å². The van der Waals surface area contributed by atoms with Crippen LogP contribution in [0.3, 0.4) is 0 Å². The van der Waals surface area contributed by atoms with Gasteiger partial charge in [-0.1, -0.05) is 6.07 Å². The van der Waals surface area contributed by atoms with Gasteiger partial charge in [0.2, 0.25) is 0 Å². The minimum Gasteiger partial charge on any atom is -0.380 e. The van der Waals surface area contributed by atoms with Crippen molar-refractivity contribution in [2.24, 2.45) is 0 Å². The lowest BCUT2D eigenvalue weighted by Crippen LogP contribution is -2.10. The van der Waals surface area contributed by atoms with Crippen LogP contribution in [0.4, 0.5) is 8.78 Å². The SMILES string of the molecule is COCc1c(F)ccc(CNO)c1F. The van der Waals surface area contributed by atoms with Gasteiger partial charge >= 0.3 is 0 Å². The molecule has 2 N–H and O–H groups in total. The lowest BCUT2D eigenvalue weighted by molar-refractivity contribution is 0.158. The maximum absolute atomic E-state index is 13.4. The summed E-state index contributed by atoms with van der Waals surface area (Å²) in [6.45, 7) is -0.195. The minimum atomic E-state index is -0.687. The van der Waals surface area contributed by atoms with Gasteiger partial charge in [0.1, 0.15) is 11.6 Å². The predicted molar refractivity (Wildman–Crippen MR) is 45.7 cm³/mol. The van der Waals surface area contributed by atoms with Crippen LogP contribution in [0.5, 0.6) is 0 Å². The van der Waals surface area contributed by atoms with Crippen LogP contribution in [0.25, 0.3) is 0 Å². The Morgan fingerprint density at radius 2 is 2.14 bits per heavy atom. The fourth-order valence-electron chi connectivity index (χ4n) is 1.14. The smallest absolute Gasteiger partial charge is 0.136 e. The summed E-state index contributed by atoms with van der Waals surface area (Å²) in [4.78, 5) is 0. The van der Waals surface area contributed by atoms with E-state index in [-0.39, 0.29) is 24.3 Å². The molecule has 78 valence electrons. The van der Waals surface area contributed by atoms with Crippen LogP contribution in [-0.2, 0) is 17.9 Å². The minimum absolute atomic E-state index is 0.0666. The average Bonchev–Trinajstić information content (AvgIpc) is 2.17. The first-order valence-electron chi connectivity index (χ1n) is 4.02. The standard InChI is InChI=1S/C9H11F2NO2/c1-14-5-7-8(10)3-2-6(4-12-13)9(7)11/h2-3,12-13H,4-5H2,1H3. The Bertz CT molecular complexity index is 318. The highest BCUT2D eigenvalue weighted by molar-refractivity contribution is 5.27. The Balaban J connectivity index is 3.05. The molecule has 0 aliphatic rings. The molecule has 0 saturated heterocycles. The zero-order valence-electron chi connectivity index (χ0n) is 7.68. The van der Waals surface area contributed by atoms with E-state index in [9.17, 15) is 8.78 Å². The van der Waals surface area contributed by atoms with Crippen LogP contribution in [0.2, 0.25) is 0 Å². The van der Waals surface area contributed by atoms with E-state index in [1.165, 1.54) is 13.2 Å². The summed E-state index contributed by atoms with van der Waals surface area (Å²) < 4.78 is 31.2. The van der Waals surface area contributed by atoms with Crippen LogP contribution in [-0.4, -0.2) is 12.3 Å². The summed E-state index contributed by atoms with van der Waals surface area (Å²) in [7, 11) is 1.36. The van der Waals surface area contributed by atoms with Crippen molar-refractivity contribution in [3.63, 3.8) is 0 Å². The Kier molecular flexibility index (Phi) is 3.94. The number of nitrogens with one attached hydrogen (secondary N) is 1. The van der Waals surface area contributed by atoms with E-state index < -0.39 is 11.6 Å². The molecule has 5 heteroatoms. The molecule has 0 atom stereocenters. The number of benzene rings is 1. The highest BCUT2D eigenvalue weighted by Crippen LogP contribution is 2.17. The first kappa shape index (κ1) is 11.0. The van der Waals surface area contributed by atoms with E-state index in [2.05, 4.69) is 4.74 Å². The number of ether oxygens (including phenoxy) is 1. The van der Waals surface area contributed by atoms with Gasteiger partial charge in [-0.3, -0.25) is 0 Å². The summed E-state index contributed by atoms with van der Waals surface area (Å²) in [5, 5.41) is 8.39. The molecule has 0 saturated carbocycles. The van der Waals surface area contributed by atoms with Crippen molar-refractivity contribution in [1.82, 2.24) is 5.48 Å². The molecule has 0 amide bonds. The monoisotopic (exact) mass is 203 g/mol. The molecule has 1 aromatic rings. The molecule has 14 heavy (non-hydrogen) atoms. The molecule has 3 nitrogen and oxygen atoms in total. The van der Waals surface area contributed by atoms with Crippen LogP contribution in [0.15, 0.2) is 12.1 Å². The number of methoxy groups -OCH3 is 1. The maximum atomic E-state index is 13.4. The predicted octanol–water partition coefficient (Wildman–Crippen LogP) is 1.59. The van der Waals surface area contributed by atoms with E-state index >= 15 is 0 Å². The van der Waals surface area contributed by atoms with Gasteiger partial charge in [0, 0.05) is 24.8 Å². The van der Waals surface area contributed by atoms with Crippen LogP contribution >= 0.6 is 0 Å². The normalized spacial score (nSPS) is 10.6. The summed E-state index contributed by atoms with van der Waals surface area (Å²) in [6, 6.07) is 2.41. The first-order chi connectivity index (χ1) is 6.70. The fourth-order valence-corrected chi connectivity index (χ4v) is 1.14. The summed E-state index contributed by atoms with van der Waals surface area (Å²) in [6.07, 6.45) is 0. The molecule has 1 aromatic carbocycles. The van der Waals surface area contributed by atoms with Crippen LogP contribution in [0.1, 0.15) is 11.1 Å². The number of hydrogen-bond acceptors (Lipinski definition) is 3. The average molecular weight is 203 g/mol. The molecule has 0 spiro atoms. The van der Waals surface area contributed by atoms with Crippen LogP contribution < -0.4 is 5.48 Å². The second-order valence-electron chi connectivity index (χ2n) is 2.77. The Labute approximate surface area is 80.3 Å². The number of halogens is 2. The fraction of sp³-hybridized carbons (Fsp3) is 0.333. The summed E-state index contributed by atoms with van der Waals surface area (Å²) in [5.74, 6) is -1.33. The molecule has 1 rings (SSSR count). The summed E-state index contributed by atoms with van der Waals surface area (Å²) in [5.41, 5.74) is 1.88. The van der Waals surface area contributed by atoms with E-state index in [1.807, 2.05) is 5.48 Å². The Morgan fingerprint density at radius 3 is 2.71 bits per heavy atom. The lowest BCUT2D eigenvalue weighted by Gasteiger charge is -2.07. The molecule has 0 radical (unpaired) electrons. The molecule has 0 unspecified atom stereocenters. The van der Waals surface area contributed by atoms with Gasteiger partial charge in [-0.05, 0) is 6.07 Å². The highest BCUT2D eigenvalue weighted by atomic mass is 19.1. The van der Waals surface area contributed by atoms with E-state index in [4.69, 9.17) is 5.21 Å². The Morgan fingerprint density at radius 1 is 1.43 bits per heavy atom. The van der Waals surface area contributed by atoms with E-state index in [1.54, 1.807) is 0 Å². The highest BCUT2D eigenvalue weighted by Gasteiger charge is 2.12. The van der Waals surface area contributed by atoms with Crippen molar-refractivity contribution in [1.29, 1.82) is 0 Å². The summed E-state index contributed by atoms with van der Waals surface area (Å²) >= 11 is 0. The maximum Gasteiger partial charge on any atom is 0.136 e. The van der Waals surface area contributed by atoms with Gasteiger partial charge in [-0.2, -0.15) is 0 Å². The largest absolute Gasteiger partial charge is 0.380 e. The third kappa shape index (κ3) is 2.25. The van der Waals surface area contributed by atoms with Gasteiger partial charge in [-0.15, -0.1) is 0 Å². The van der Waals surface area contributed by atoms with Crippen molar-refractivity contribution in [2.75, 3.05) is 7.11 Å². The number of hydrogen-bond donors (Lipinski definition) is 2. The van der Waals surface area contributed by atoms with Gasteiger partial charge in [0.05, 0.1) is 6.61 Å².